The highest BCUT2D eigenvalue weighted by Gasteiger charge is 2.56. The monoisotopic (exact) mass is 487 g/mol. The third-order valence-corrected chi connectivity index (χ3v) is 7.05. The van der Waals surface area contributed by atoms with E-state index in [0.717, 1.165) is 53.8 Å². The first-order chi connectivity index (χ1) is 17.5. The van der Waals surface area contributed by atoms with E-state index in [4.69, 9.17) is 0 Å². The standard InChI is InChI=1S/C26H29N7O3/c1-3-5-8-18-15-33(23-19(4-2)22(23)25(34)35)26(36)32(18)14-17-12-11-16(13-27-17)20-9-6-7-10-21(20)24-28-30-31-29-24/h6-7,9-13,15,19,22-23H,3-5,8,14H2,1-2H3,(H,34,35)(H,28,29,30,31). The number of aromatic amines is 1. The molecule has 0 spiro atoms. The van der Waals surface area contributed by atoms with E-state index in [1.165, 1.54) is 0 Å². The molecule has 4 aromatic rings. The molecule has 3 heterocycles. The first kappa shape index (κ1) is 23.7. The van der Waals surface area contributed by atoms with Gasteiger partial charge in [-0.1, -0.05) is 57.0 Å². The van der Waals surface area contributed by atoms with Gasteiger partial charge in [0, 0.05) is 29.2 Å². The molecule has 3 unspecified atom stereocenters. The summed E-state index contributed by atoms with van der Waals surface area (Å²) in [7, 11) is 0. The molecule has 1 aliphatic carbocycles. The minimum absolute atomic E-state index is 0.00763. The summed E-state index contributed by atoms with van der Waals surface area (Å²) in [4.78, 5) is 29.8. The van der Waals surface area contributed by atoms with Crippen molar-refractivity contribution in [2.45, 2.75) is 52.1 Å². The molecular weight excluding hydrogens is 458 g/mol. The van der Waals surface area contributed by atoms with Crippen LogP contribution in [0.5, 0.6) is 0 Å². The van der Waals surface area contributed by atoms with Gasteiger partial charge in [-0.3, -0.25) is 18.9 Å². The Morgan fingerprint density at radius 3 is 2.56 bits per heavy atom. The lowest BCUT2D eigenvalue weighted by Gasteiger charge is -2.09. The Balaban J connectivity index is 1.44. The van der Waals surface area contributed by atoms with Crippen LogP contribution in [0.3, 0.4) is 0 Å². The van der Waals surface area contributed by atoms with E-state index in [9.17, 15) is 14.7 Å². The van der Waals surface area contributed by atoms with E-state index < -0.39 is 11.9 Å². The summed E-state index contributed by atoms with van der Waals surface area (Å²) in [5.74, 6) is -0.834. The van der Waals surface area contributed by atoms with Crippen molar-refractivity contribution in [2.75, 3.05) is 0 Å². The number of aryl methyl sites for hydroxylation is 1. The van der Waals surface area contributed by atoms with Crippen LogP contribution in [-0.4, -0.2) is 45.8 Å². The number of aromatic nitrogens is 7. The smallest absolute Gasteiger partial charge is 0.328 e. The number of nitrogens with zero attached hydrogens (tertiary/aromatic N) is 6. The largest absolute Gasteiger partial charge is 0.481 e. The van der Waals surface area contributed by atoms with Gasteiger partial charge in [0.25, 0.3) is 0 Å². The molecule has 10 nitrogen and oxygen atoms in total. The minimum Gasteiger partial charge on any atom is -0.481 e. The van der Waals surface area contributed by atoms with E-state index in [1.807, 2.05) is 49.5 Å². The van der Waals surface area contributed by atoms with Gasteiger partial charge in [-0.15, -0.1) is 10.2 Å². The van der Waals surface area contributed by atoms with Gasteiger partial charge in [-0.25, -0.2) is 4.79 Å². The zero-order valence-electron chi connectivity index (χ0n) is 20.3. The van der Waals surface area contributed by atoms with Crippen molar-refractivity contribution in [3.05, 3.63) is 70.7 Å². The van der Waals surface area contributed by atoms with Crippen molar-refractivity contribution < 1.29 is 9.90 Å². The van der Waals surface area contributed by atoms with Crippen LogP contribution in [0.4, 0.5) is 0 Å². The number of aliphatic carboxylic acids is 1. The highest BCUT2D eigenvalue weighted by molar-refractivity contribution is 5.79. The molecule has 1 aromatic carbocycles. The lowest BCUT2D eigenvalue weighted by atomic mass is 10.0. The molecule has 1 aliphatic rings. The molecule has 1 saturated carbocycles. The van der Waals surface area contributed by atoms with E-state index in [2.05, 4.69) is 32.5 Å². The van der Waals surface area contributed by atoms with Gasteiger partial charge in [0.05, 0.1) is 24.2 Å². The number of carboxylic acids is 1. The Labute approximate surface area is 208 Å². The summed E-state index contributed by atoms with van der Waals surface area (Å²) < 4.78 is 3.39. The second kappa shape index (κ2) is 9.88. The Morgan fingerprint density at radius 2 is 1.94 bits per heavy atom. The quantitative estimate of drug-likeness (QED) is 0.349. The van der Waals surface area contributed by atoms with E-state index in [0.29, 0.717) is 12.4 Å². The third-order valence-electron chi connectivity index (χ3n) is 7.05. The maximum atomic E-state index is 13.4. The Bertz CT molecular complexity index is 1410. The lowest BCUT2D eigenvalue weighted by Crippen LogP contribution is -2.26. The summed E-state index contributed by atoms with van der Waals surface area (Å²) in [5.41, 5.74) is 4.19. The number of benzene rings is 1. The summed E-state index contributed by atoms with van der Waals surface area (Å²) in [6, 6.07) is 11.4. The van der Waals surface area contributed by atoms with Crippen LogP contribution >= 0.6 is 0 Å². The predicted molar refractivity (Wildman–Crippen MR) is 133 cm³/mol. The number of carboxylic acid groups (broad SMARTS) is 1. The number of H-pyrrole nitrogens is 1. The first-order valence-corrected chi connectivity index (χ1v) is 12.3. The molecule has 3 atom stereocenters. The van der Waals surface area contributed by atoms with Crippen molar-refractivity contribution in [3.8, 4) is 22.5 Å². The van der Waals surface area contributed by atoms with Crippen LogP contribution in [-0.2, 0) is 17.8 Å². The fourth-order valence-electron chi connectivity index (χ4n) is 5.09. The Hall–Kier alpha value is -4.08. The van der Waals surface area contributed by atoms with Gasteiger partial charge in [0.2, 0.25) is 5.82 Å². The molecule has 0 saturated heterocycles. The zero-order valence-corrected chi connectivity index (χ0v) is 20.3. The molecule has 186 valence electrons. The van der Waals surface area contributed by atoms with Crippen LogP contribution < -0.4 is 5.69 Å². The molecule has 1 fully saturated rings. The van der Waals surface area contributed by atoms with Crippen LogP contribution in [0.2, 0.25) is 0 Å². The van der Waals surface area contributed by atoms with Crippen LogP contribution in [0.25, 0.3) is 22.5 Å². The zero-order chi connectivity index (χ0) is 25.2. The molecule has 2 N–H and O–H groups in total. The maximum absolute atomic E-state index is 13.4. The van der Waals surface area contributed by atoms with Gasteiger partial charge in [-0.05, 0) is 35.6 Å². The van der Waals surface area contributed by atoms with Crippen molar-refractivity contribution in [2.24, 2.45) is 11.8 Å². The molecule has 10 heteroatoms. The van der Waals surface area contributed by atoms with Crippen molar-refractivity contribution in [1.82, 2.24) is 34.7 Å². The summed E-state index contributed by atoms with van der Waals surface area (Å²) in [6.45, 7) is 4.42. The second-order valence-electron chi connectivity index (χ2n) is 9.25. The summed E-state index contributed by atoms with van der Waals surface area (Å²) >= 11 is 0. The number of hydrogen-bond acceptors (Lipinski definition) is 6. The molecule has 0 aliphatic heterocycles. The lowest BCUT2D eigenvalue weighted by molar-refractivity contribution is -0.139. The number of pyridine rings is 1. The third kappa shape index (κ3) is 4.34. The Morgan fingerprint density at radius 1 is 1.14 bits per heavy atom. The average molecular weight is 488 g/mol. The minimum atomic E-state index is -0.833. The van der Waals surface area contributed by atoms with E-state index >= 15 is 0 Å². The highest BCUT2D eigenvalue weighted by atomic mass is 16.4. The number of imidazole rings is 1. The predicted octanol–water partition coefficient (Wildman–Crippen LogP) is 3.56. The molecule has 3 aromatic heterocycles. The molecule has 0 bridgehead atoms. The van der Waals surface area contributed by atoms with E-state index in [-0.39, 0.29) is 17.6 Å². The SMILES string of the molecule is CCCCc1cn(C2C(CC)C2C(=O)O)c(=O)n1Cc1ccc(-c2ccccc2-c2nn[nH]n2)cn1. The number of hydrogen-bond donors (Lipinski definition) is 2. The van der Waals surface area contributed by atoms with Crippen LogP contribution in [0.15, 0.2) is 53.6 Å². The first-order valence-electron chi connectivity index (χ1n) is 12.3. The molecule has 0 amide bonds. The van der Waals surface area contributed by atoms with E-state index in [1.54, 1.807) is 15.3 Å². The van der Waals surface area contributed by atoms with Gasteiger partial charge >= 0.3 is 11.7 Å². The average Bonchev–Trinajstić information content (AvgIpc) is 3.21. The van der Waals surface area contributed by atoms with Gasteiger partial charge in [0.15, 0.2) is 0 Å². The van der Waals surface area contributed by atoms with Crippen LogP contribution in [0.1, 0.15) is 50.5 Å². The number of unbranched alkanes of at least 4 members (excludes halogenated alkanes) is 1. The number of carbonyl (C=O) groups is 1. The van der Waals surface area contributed by atoms with Crippen molar-refractivity contribution in [3.63, 3.8) is 0 Å². The summed E-state index contributed by atoms with van der Waals surface area (Å²) in [6.07, 6.45) is 7.10. The normalized spacial score (nSPS) is 18.9. The maximum Gasteiger partial charge on any atom is 0.328 e. The Kier molecular flexibility index (Phi) is 6.49. The van der Waals surface area contributed by atoms with Gasteiger partial charge in [0.1, 0.15) is 0 Å². The van der Waals surface area contributed by atoms with Gasteiger partial charge in [-0.2, -0.15) is 5.21 Å². The molecule has 0 radical (unpaired) electrons. The van der Waals surface area contributed by atoms with Crippen molar-refractivity contribution >= 4 is 5.97 Å². The second-order valence-corrected chi connectivity index (χ2v) is 9.25. The summed E-state index contributed by atoms with van der Waals surface area (Å²) in [5, 5.41) is 23.9. The van der Waals surface area contributed by atoms with Crippen molar-refractivity contribution in [1.29, 1.82) is 0 Å². The fraction of sp³-hybridized carbons (Fsp3) is 0.385. The number of rotatable bonds is 10. The van der Waals surface area contributed by atoms with Gasteiger partial charge < -0.3 is 5.11 Å². The molecule has 5 rings (SSSR count). The molecule has 36 heavy (non-hydrogen) atoms. The highest BCUT2D eigenvalue weighted by Crippen LogP contribution is 2.52. The fourth-order valence-corrected chi connectivity index (χ4v) is 5.09. The van der Waals surface area contributed by atoms with Crippen LogP contribution in [0, 0.1) is 11.8 Å². The number of tetrazole rings is 1. The number of nitrogens with one attached hydrogen (secondary N) is 1. The topological polar surface area (TPSA) is 132 Å². The molecular formula is C26H29N7O3.